The molecular weight excluding hydrogens is 352 g/mol. The van der Waals surface area contributed by atoms with E-state index in [4.69, 9.17) is 9.47 Å². The van der Waals surface area contributed by atoms with E-state index in [1.165, 1.54) is 32.6 Å². The minimum absolute atomic E-state index is 0.0264. The maximum Gasteiger partial charge on any atom is 0.306 e. The monoisotopic (exact) mass is 396 g/mol. The van der Waals surface area contributed by atoms with Gasteiger partial charge in [0.05, 0.1) is 0 Å². The molecule has 0 amide bonds. The summed E-state index contributed by atoms with van der Waals surface area (Å²) in [6.45, 7) is 9.40. The van der Waals surface area contributed by atoms with Crippen molar-refractivity contribution in [2.45, 2.75) is 130 Å². The Morgan fingerprint density at radius 3 is 2.18 bits per heavy atom. The molecule has 0 aliphatic rings. The summed E-state index contributed by atoms with van der Waals surface area (Å²) in [5.74, 6) is -0.271. The molecule has 0 radical (unpaired) electrons. The Labute approximate surface area is 173 Å². The predicted octanol–water partition coefficient (Wildman–Crippen LogP) is 6.91. The molecule has 0 aliphatic carbocycles. The van der Waals surface area contributed by atoms with E-state index in [0.717, 1.165) is 51.4 Å². The molecule has 0 aliphatic heterocycles. The third kappa shape index (κ3) is 19.4. The van der Waals surface area contributed by atoms with Crippen LogP contribution in [0.1, 0.15) is 118 Å². The highest BCUT2D eigenvalue weighted by Crippen LogP contribution is 2.14. The highest BCUT2D eigenvalue weighted by molar-refractivity contribution is 5.69. The van der Waals surface area contributed by atoms with Gasteiger partial charge in [0.2, 0.25) is 0 Å². The van der Waals surface area contributed by atoms with Gasteiger partial charge in [0.1, 0.15) is 11.7 Å². The second kappa shape index (κ2) is 16.6. The van der Waals surface area contributed by atoms with E-state index in [1.54, 1.807) is 0 Å². The number of unbranched alkanes of at least 4 members (excludes halogenated alkanes) is 8. The summed E-state index contributed by atoms with van der Waals surface area (Å²) in [5, 5.41) is 0. The van der Waals surface area contributed by atoms with Crippen molar-refractivity contribution >= 4 is 11.9 Å². The van der Waals surface area contributed by atoms with Crippen LogP contribution in [0.4, 0.5) is 0 Å². The Morgan fingerprint density at radius 2 is 1.54 bits per heavy atom. The summed E-state index contributed by atoms with van der Waals surface area (Å²) in [5.41, 5.74) is -0.382. The first-order valence-corrected chi connectivity index (χ1v) is 11.3. The first-order chi connectivity index (χ1) is 13.2. The summed E-state index contributed by atoms with van der Waals surface area (Å²) >= 11 is 0. The average molecular weight is 397 g/mol. The summed E-state index contributed by atoms with van der Waals surface area (Å²) in [7, 11) is 0. The van der Waals surface area contributed by atoms with Crippen LogP contribution >= 0.6 is 0 Å². The molecule has 164 valence electrons. The summed E-state index contributed by atoms with van der Waals surface area (Å²) in [6.07, 6.45) is 18.1. The zero-order valence-electron chi connectivity index (χ0n) is 19.1. The van der Waals surface area contributed by atoms with Crippen molar-refractivity contribution in [2.75, 3.05) is 0 Å². The van der Waals surface area contributed by atoms with Gasteiger partial charge in [0.25, 0.3) is 0 Å². The smallest absolute Gasteiger partial charge is 0.306 e. The zero-order valence-corrected chi connectivity index (χ0v) is 19.1. The Bertz CT molecular complexity index is 434. The van der Waals surface area contributed by atoms with Crippen LogP contribution in [0.5, 0.6) is 0 Å². The van der Waals surface area contributed by atoms with E-state index in [2.05, 4.69) is 19.1 Å². The van der Waals surface area contributed by atoms with Gasteiger partial charge in [-0.2, -0.15) is 0 Å². The third-order valence-corrected chi connectivity index (χ3v) is 4.45. The van der Waals surface area contributed by atoms with Crippen LogP contribution in [0.15, 0.2) is 12.2 Å². The molecule has 1 atom stereocenters. The van der Waals surface area contributed by atoms with E-state index in [-0.39, 0.29) is 23.6 Å². The number of carbonyl (C=O) groups excluding carboxylic acids is 2. The molecule has 4 heteroatoms. The first kappa shape index (κ1) is 26.7. The molecule has 0 aromatic heterocycles. The van der Waals surface area contributed by atoms with Crippen LogP contribution in [-0.2, 0) is 19.1 Å². The fraction of sp³-hybridized carbons (Fsp3) is 0.833. The van der Waals surface area contributed by atoms with Crippen molar-refractivity contribution in [1.29, 1.82) is 0 Å². The number of carbonyl (C=O) groups is 2. The quantitative estimate of drug-likeness (QED) is 0.162. The molecule has 0 saturated heterocycles. The summed E-state index contributed by atoms with van der Waals surface area (Å²) in [4.78, 5) is 22.9. The Morgan fingerprint density at radius 1 is 0.893 bits per heavy atom. The largest absolute Gasteiger partial charge is 0.462 e. The maximum atomic E-state index is 11.6. The van der Waals surface area contributed by atoms with Crippen molar-refractivity contribution in [3.63, 3.8) is 0 Å². The minimum atomic E-state index is -0.382. The molecule has 0 rings (SSSR count). The van der Waals surface area contributed by atoms with Crippen LogP contribution in [0.25, 0.3) is 0 Å². The molecular formula is C24H44O4. The normalized spacial score (nSPS) is 12.9. The first-order valence-electron chi connectivity index (χ1n) is 11.3. The molecule has 0 fully saturated rings. The van der Waals surface area contributed by atoms with Gasteiger partial charge in [-0.3, -0.25) is 9.59 Å². The summed E-state index contributed by atoms with van der Waals surface area (Å²) in [6, 6.07) is 0. The SMILES string of the molecule is CCCCCC[C@H](C/C=C\CCCCCCCC(=O)OC(C)(C)C)OC(C)=O. The Hall–Kier alpha value is -1.32. The van der Waals surface area contributed by atoms with E-state index in [0.29, 0.717) is 6.42 Å². The van der Waals surface area contributed by atoms with Crippen molar-refractivity contribution < 1.29 is 19.1 Å². The van der Waals surface area contributed by atoms with Gasteiger partial charge in [0.15, 0.2) is 0 Å². The highest BCUT2D eigenvalue weighted by atomic mass is 16.6. The lowest BCUT2D eigenvalue weighted by atomic mass is 10.1. The number of hydrogen-bond acceptors (Lipinski definition) is 4. The number of ether oxygens (including phenoxy) is 2. The van der Waals surface area contributed by atoms with Gasteiger partial charge in [0, 0.05) is 19.8 Å². The molecule has 0 heterocycles. The molecule has 0 aromatic carbocycles. The van der Waals surface area contributed by atoms with E-state index in [9.17, 15) is 9.59 Å². The molecule has 0 unspecified atom stereocenters. The lowest BCUT2D eigenvalue weighted by Gasteiger charge is -2.19. The molecule has 0 saturated carbocycles. The van der Waals surface area contributed by atoms with Crippen LogP contribution in [-0.4, -0.2) is 23.6 Å². The van der Waals surface area contributed by atoms with Crippen molar-refractivity contribution in [3.8, 4) is 0 Å². The summed E-state index contributed by atoms with van der Waals surface area (Å²) < 4.78 is 10.7. The molecule has 0 aromatic rings. The van der Waals surface area contributed by atoms with Crippen LogP contribution in [0.2, 0.25) is 0 Å². The number of esters is 2. The molecule has 0 N–H and O–H groups in total. The van der Waals surface area contributed by atoms with Crippen LogP contribution in [0.3, 0.4) is 0 Å². The van der Waals surface area contributed by atoms with Crippen molar-refractivity contribution in [1.82, 2.24) is 0 Å². The lowest BCUT2D eigenvalue weighted by Crippen LogP contribution is -2.23. The van der Waals surface area contributed by atoms with Crippen LogP contribution in [0, 0.1) is 0 Å². The standard InChI is InChI=1S/C24H44O4/c1-6-7-8-15-18-22(27-21(2)25)19-16-13-11-9-10-12-14-17-20-23(26)28-24(3,4)5/h13,16,22H,6-12,14-15,17-20H2,1-5H3/b16-13-/t22-/m1/s1. The van der Waals surface area contributed by atoms with Gasteiger partial charge in [-0.05, 0) is 52.9 Å². The molecule has 28 heavy (non-hydrogen) atoms. The second-order valence-electron chi connectivity index (χ2n) is 8.68. The van der Waals surface area contributed by atoms with Gasteiger partial charge in [-0.25, -0.2) is 0 Å². The Balaban J connectivity index is 3.72. The maximum absolute atomic E-state index is 11.6. The van der Waals surface area contributed by atoms with E-state index in [1.807, 2.05) is 20.8 Å². The minimum Gasteiger partial charge on any atom is -0.462 e. The third-order valence-electron chi connectivity index (χ3n) is 4.45. The Kier molecular flexibility index (Phi) is 15.8. The number of hydrogen-bond donors (Lipinski definition) is 0. The number of rotatable bonds is 16. The average Bonchev–Trinajstić information content (AvgIpc) is 2.58. The predicted molar refractivity (Wildman–Crippen MR) is 116 cm³/mol. The fourth-order valence-corrected chi connectivity index (χ4v) is 3.08. The molecule has 0 spiro atoms. The van der Waals surface area contributed by atoms with Crippen molar-refractivity contribution in [3.05, 3.63) is 12.2 Å². The van der Waals surface area contributed by atoms with E-state index < -0.39 is 0 Å². The lowest BCUT2D eigenvalue weighted by molar-refractivity contribution is -0.155. The van der Waals surface area contributed by atoms with E-state index >= 15 is 0 Å². The second-order valence-corrected chi connectivity index (χ2v) is 8.68. The van der Waals surface area contributed by atoms with Gasteiger partial charge < -0.3 is 9.47 Å². The van der Waals surface area contributed by atoms with Gasteiger partial charge >= 0.3 is 11.9 Å². The molecule has 0 bridgehead atoms. The fourth-order valence-electron chi connectivity index (χ4n) is 3.08. The highest BCUT2D eigenvalue weighted by Gasteiger charge is 2.15. The number of allylic oxidation sites excluding steroid dienone is 1. The van der Waals surface area contributed by atoms with Gasteiger partial charge in [-0.15, -0.1) is 0 Å². The zero-order chi connectivity index (χ0) is 21.3. The van der Waals surface area contributed by atoms with Crippen molar-refractivity contribution in [2.24, 2.45) is 0 Å². The molecule has 4 nitrogen and oxygen atoms in total. The van der Waals surface area contributed by atoms with Gasteiger partial charge in [-0.1, -0.05) is 57.6 Å². The van der Waals surface area contributed by atoms with Crippen LogP contribution < -0.4 is 0 Å². The topological polar surface area (TPSA) is 52.6 Å².